The normalized spacial score (nSPS) is 10.8. The zero-order valence-corrected chi connectivity index (χ0v) is 11.7. The Balaban J connectivity index is 2.61. The van der Waals surface area contributed by atoms with E-state index in [4.69, 9.17) is 11.8 Å². The molecule has 0 aromatic heterocycles. The summed E-state index contributed by atoms with van der Waals surface area (Å²) in [5.74, 6) is 0. The molecule has 0 aliphatic rings. The van der Waals surface area contributed by atoms with Crippen molar-refractivity contribution >= 4 is 17.5 Å². The van der Waals surface area contributed by atoms with Crippen LogP contribution in [0.15, 0.2) is 30.3 Å². The number of unbranched alkanes of at least 4 members (excludes halogenated alkanes) is 2. The number of rotatable bonds is 8. The Labute approximate surface area is 110 Å². The molecule has 0 saturated heterocycles. The predicted octanol–water partition coefficient (Wildman–Crippen LogP) is 4.46. The average Bonchev–Trinajstić information content (AvgIpc) is 2.39. The van der Waals surface area contributed by atoms with Crippen molar-refractivity contribution in [2.24, 2.45) is 0 Å². The van der Waals surface area contributed by atoms with Crippen LogP contribution in [-0.2, 0) is 0 Å². The first-order chi connectivity index (χ1) is 8.29. The number of halogens is 1. The van der Waals surface area contributed by atoms with Crippen molar-refractivity contribution in [2.45, 2.75) is 39.5 Å². The topological polar surface area (TPSA) is 6.48 Å². The Morgan fingerprint density at radius 3 is 1.94 bits per heavy atom. The zero-order chi connectivity index (χ0) is 12.5. The van der Waals surface area contributed by atoms with Crippen LogP contribution in [0.5, 0.6) is 0 Å². The lowest BCUT2D eigenvalue weighted by Gasteiger charge is -2.30. The maximum atomic E-state index is 6.40. The lowest BCUT2D eigenvalue weighted by Crippen LogP contribution is -2.37. The number of benzene rings is 1. The molecule has 0 amide bonds. The van der Waals surface area contributed by atoms with Gasteiger partial charge in [-0.2, -0.15) is 0 Å². The third kappa shape index (κ3) is 4.97. The Kier molecular flexibility index (Phi) is 7.06. The largest absolute Gasteiger partial charge is 0.215 e. The molecule has 0 spiro atoms. The molecular weight excluding hydrogens is 232 g/mol. The standard InChI is InChI=1S/C14H23ClN2/c1-3-5-12-16(13-6-4-2)17(15)14-10-8-7-9-11-14/h7-11H,3-6,12-13H2,1-2H3. The van der Waals surface area contributed by atoms with Gasteiger partial charge in [0, 0.05) is 24.9 Å². The van der Waals surface area contributed by atoms with Crippen molar-refractivity contribution in [1.82, 2.24) is 5.01 Å². The fraction of sp³-hybridized carbons (Fsp3) is 0.571. The zero-order valence-electron chi connectivity index (χ0n) is 10.9. The van der Waals surface area contributed by atoms with Gasteiger partial charge in [-0.25, -0.2) is 9.54 Å². The molecule has 0 bridgehead atoms. The summed E-state index contributed by atoms with van der Waals surface area (Å²) in [5.41, 5.74) is 1.04. The van der Waals surface area contributed by atoms with Crippen molar-refractivity contribution in [1.29, 1.82) is 0 Å². The molecule has 0 radical (unpaired) electrons. The highest BCUT2D eigenvalue weighted by atomic mass is 35.5. The van der Waals surface area contributed by atoms with E-state index in [1.54, 1.807) is 4.53 Å². The van der Waals surface area contributed by atoms with Gasteiger partial charge in [0.05, 0.1) is 5.69 Å². The van der Waals surface area contributed by atoms with Crippen molar-refractivity contribution in [3.63, 3.8) is 0 Å². The van der Waals surface area contributed by atoms with Gasteiger partial charge in [-0.3, -0.25) is 0 Å². The first-order valence-electron chi connectivity index (χ1n) is 6.55. The van der Waals surface area contributed by atoms with Crippen molar-refractivity contribution in [3.05, 3.63) is 30.3 Å². The number of para-hydroxylation sites is 1. The summed E-state index contributed by atoms with van der Waals surface area (Å²) < 4.78 is 1.77. The molecule has 0 aliphatic heterocycles. The third-order valence-electron chi connectivity index (χ3n) is 2.76. The minimum atomic E-state index is 1.02. The summed E-state index contributed by atoms with van der Waals surface area (Å²) in [6.07, 6.45) is 4.75. The van der Waals surface area contributed by atoms with Gasteiger partial charge < -0.3 is 0 Å². The highest BCUT2D eigenvalue weighted by molar-refractivity contribution is 6.25. The van der Waals surface area contributed by atoms with Gasteiger partial charge in [-0.05, 0) is 25.0 Å². The maximum absolute atomic E-state index is 6.40. The van der Waals surface area contributed by atoms with E-state index in [2.05, 4.69) is 18.9 Å². The third-order valence-corrected chi connectivity index (χ3v) is 3.17. The molecule has 96 valence electrons. The van der Waals surface area contributed by atoms with Gasteiger partial charge in [0.2, 0.25) is 0 Å². The van der Waals surface area contributed by atoms with Crippen LogP contribution in [0, 0.1) is 0 Å². The molecule has 0 unspecified atom stereocenters. The molecule has 3 heteroatoms. The monoisotopic (exact) mass is 254 g/mol. The van der Waals surface area contributed by atoms with Gasteiger partial charge in [0.15, 0.2) is 0 Å². The molecule has 0 heterocycles. The lowest BCUT2D eigenvalue weighted by atomic mass is 10.3. The quantitative estimate of drug-likeness (QED) is 0.499. The second-order valence-corrected chi connectivity index (χ2v) is 4.58. The molecule has 0 fully saturated rings. The molecular formula is C14H23ClN2. The summed E-state index contributed by atoms with van der Waals surface area (Å²) >= 11 is 6.40. The summed E-state index contributed by atoms with van der Waals surface area (Å²) in [6.45, 7) is 6.46. The molecule has 2 nitrogen and oxygen atoms in total. The highest BCUT2D eigenvalue weighted by Gasteiger charge is 2.12. The molecule has 17 heavy (non-hydrogen) atoms. The Morgan fingerprint density at radius 2 is 1.47 bits per heavy atom. The predicted molar refractivity (Wildman–Crippen MR) is 76.2 cm³/mol. The van der Waals surface area contributed by atoms with Gasteiger partial charge in [-0.15, -0.1) is 0 Å². The van der Waals surface area contributed by atoms with Crippen LogP contribution in [0.1, 0.15) is 39.5 Å². The van der Waals surface area contributed by atoms with E-state index >= 15 is 0 Å². The van der Waals surface area contributed by atoms with Gasteiger partial charge in [-0.1, -0.05) is 44.9 Å². The summed E-state index contributed by atoms with van der Waals surface area (Å²) in [5, 5.41) is 2.23. The number of hydrogen-bond donors (Lipinski definition) is 0. The van der Waals surface area contributed by atoms with Crippen LogP contribution in [0.4, 0.5) is 5.69 Å². The van der Waals surface area contributed by atoms with E-state index in [0.29, 0.717) is 0 Å². The van der Waals surface area contributed by atoms with Crippen LogP contribution < -0.4 is 4.53 Å². The number of hydrogen-bond acceptors (Lipinski definition) is 2. The van der Waals surface area contributed by atoms with Crippen LogP contribution in [0.3, 0.4) is 0 Å². The number of hydrazine groups is 1. The average molecular weight is 255 g/mol. The Morgan fingerprint density at radius 1 is 0.941 bits per heavy atom. The fourth-order valence-corrected chi connectivity index (χ4v) is 1.95. The van der Waals surface area contributed by atoms with E-state index in [9.17, 15) is 0 Å². The summed E-state index contributed by atoms with van der Waals surface area (Å²) in [7, 11) is 0. The van der Waals surface area contributed by atoms with E-state index in [0.717, 1.165) is 18.8 Å². The maximum Gasteiger partial charge on any atom is 0.0708 e. The van der Waals surface area contributed by atoms with Gasteiger partial charge >= 0.3 is 0 Å². The first kappa shape index (κ1) is 14.3. The number of anilines is 1. The Bertz CT molecular complexity index is 282. The number of nitrogens with zero attached hydrogens (tertiary/aromatic N) is 2. The second kappa shape index (κ2) is 8.37. The molecule has 0 N–H and O–H groups in total. The van der Waals surface area contributed by atoms with Crippen LogP contribution >= 0.6 is 11.8 Å². The van der Waals surface area contributed by atoms with E-state index in [1.807, 2.05) is 30.3 Å². The van der Waals surface area contributed by atoms with Crippen molar-refractivity contribution in [3.8, 4) is 0 Å². The fourth-order valence-electron chi connectivity index (χ4n) is 1.68. The second-order valence-electron chi connectivity index (χ2n) is 4.26. The Hall–Kier alpha value is -0.730. The molecule has 0 aliphatic carbocycles. The molecule has 0 saturated carbocycles. The first-order valence-corrected chi connectivity index (χ1v) is 6.89. The van der Waals surface area contributed by atoms with Gasteiger partial charge in [0.1, 0.15) is 0 Å². The minimum Gasteiger partial charge on any atom is -0.215 e. The summed E-state index contributed by atoms with van der Waals surface area (Å²) in [6, 6.07) is 10.1. The summed E-state index contributed by atoms with van der Waals surface area (Å²) in [4.78, 5) is 0. The smallest absolute Gasteiger partial charge is 0.0708 e. The lowest BCUT2D eigenvalue weighted by molar-refractivity contribution is 0.283. The minimum absolute atomic E-state index is 1.02. The van der Waals surface area contributed by atoms with E-state index < -0.39 is 0 Å². The van der Waals surface area contributed by atoms with Crippen LogP contribution in [0.25, 0.3) is 0 Å². The van der Waals surface area contributed by atoms with Crippen LogP contribution in [-0.4, -0.2) is 18.1 Å². The van der Waals surface area contributed by atoms with E-state index in [1.165, 1.54) is 25.7 Å². The molecule has 1 aromatic rings. The molecule has 1 rings (SSSR count). The molecule has 0 atom stereocenters. The van der Waals surface area contributed by atoms with Crippen molar-refractivity contribution in [2.75, 3.05) is 17.6 Å². The van der Waals surface area contributed by atoms with Gasteiger partial charge in [0.25, 0.3) is 0 Å². The van der Waals surface area contributed by atoms with Crippen molar-refractivity contribution < 1.29 is 0 Å². The SMILES string of the molecule is CCCCN(CCCC)N(Cl)c1ccccc1. The van der Waals surface area contributed by atoms with Crippen LogP contribution in [0.2, 0.25) is 0 Å². The molecule has 1 aromatic carbocycles. The highest BCUT2D eigenvalue weighted by Crippen LogP contribution is 2.19. The van der Waals surface area contributed by atoms with E-state index in [-0.39, 0.29) is 0 Å².